The lowest BCUT2D eigenvalue weighted by Gasteiger charge is -2.01. The summed E-state index contributed by atoms with van der Waals surface area (Å²) in [5.74, 6) is 0. The van der Waals surface area contributed by atoms with Crippen molar-refractivity contribution in [1.29, 1.82) is 0 Å². The zero-order valence-corrected chi connectivity index (χ0v) is 31.3. The highest BCUT2D eigenvalue weighted by Gasteiger charge is 2.15. The van der Waals surface area contributed by atoms with E-state index in [9.17, 15) is 0 Å². The minimum atomic E-state index is 1.10. The molecule has 0 aliphatic carbocycles. The second-order valence-corrected chi connectivity index (χ2v) is 18.2. The average Bonchev–Trinajstić information content (AvgIpc) is 3.94. The quantitative estimate of drug-likeness (QED) is 0.139. The highest BCUT2D eigenvalue weighted by Crippen LogP contribution is 2.47. The van der Waals surface area contributed by atoms with Crippen molar-refractivity contribution in [3.63, 3.8) is 0 Å². The van der Waals surface area contributed by atoms with Crippen molar-refractivity contribution in [2.45, 2.75) is 13.8 Å². The van der Waals surface area contributed by atoms with Crippen LogP contribution in [0.3, 0.4) is 0 Å². The van der Waals surface area contributed by atoms with Gasteiger partial charge in [0.1, 0.15) is 0 Å². The van der Waals surface area contributed by atoms with Gasteiger partial charge in [0, 0.05) is 58.5 Å². The molecule has 6 heterocycles. The molecule has 8 rings (SSSR count). The van der Waals surface area contributed by atoms with Crippen LogP contribution in [0.4, 0.5) is 0 Å². The van der Waals surface area contributed by atoms with Crippen LogP contribution in [0.5, 0.6) is 0 Å². The Morgan fingerprint density at radius 1 is 0.292 bits per heavy atom. The fourth-order valence-electron chi connectivity index (χ4n) is 5.50. The first-order valence-electron chi connectivity index (χ1n) is 15.5. The minimum absolute atomic E-state index is 1.10. The van der Waals surface area contributed by atoms with E-state index in [1.165, 1.54) is 80.8 Å². The smallest absolute Gasteiger partial charge is 0.0449 e. The number of thiophene rings is 6. The van der Waals surface area contributed by atoms with Gasteiger partial charge in [0.2, 0.25) is 0 Å². The molecule has 0 fully saturated rings. The van der Waals surface area contributed by atoms with Gasteiger partial charge >= 0.3 is 0 Å². The van der Waals surface area contributed by atoms with Gasteiger partial charge in [0.15, 0.2) is 0 Å². The van der Waals surface area contributed by atoms with E-state index < -0.39 is 0 Å². The second-order valence-electron chi connectivity index (χ2n) is 11.7. The van der Waals surface area contributed by atoms with Crippen molar-refractivity contribution in [1.82, 2.24) is 0 Å². The fraction of sp³-hybridized carbons (Fsp3) is 0.0476. The lowest BCUT2D eigenvalue weighted by atomic mass is 10.1. The van der Waals surface area contributed by atoms with Crippen LogP contribution in [0.25, 0.3) is 80.8 Å². The first kappa shape index (κ1) is 31.4. The first-order valence-corrected chi connectivity index (χ1v) is 20.4. The third-order valence-corrected chi connectivity index (χ3v) is 15.8. The Hall–Kier alpha value is -3.88. The Bertz CT molecular complexity index is 2220. The number of hydrogen-bond acceptors (Lipinski definition) is 6. The van der Waals surface area contributed by atoms with Gasteiger partial charge in [-0.15, -0.1) is 68.0 Å². The van der Waals surface area contributed by atoms with Crippen molar-refractivity contribution in [3.8, 4) is 69.7 Å². The summed E-state index contributed by atoms with van der Waals surface area (Å²) in [6, 6.07) is 44.6. The predicted octanol–water partition coefficient (Wildman–Crippen LogP) is 15.8. The van der Waals surface area contributed by atoms with Gasteiger partial charge in [-0.1, -0.05) is 72.8 Å². The molecule has 0 spiro atoms. The van der Waals surface area contributed by atoms with Gasteiger partial charge in [-0.2, -0.15) is 0 Å². The maximum atomic E-state index is 4.06. The van der Waals surface area contributed by atoms with Crippen LogP contribution in [0.2, 0.25) is 0 Å². The molecule has 0 saturated heterocycles. The maximum absolute atomic E-state index is 4.06. The monoisotopic (exact) mass is 726 g/mol. The van der Waals surface area contributed by atoms with E-state index in [-0.39, 0.29) is 0 Å². The zero-order chi connectivity index (χ0) is 32.8. The molecule has 6 aromatic heterocycles. The molecule has 0 amide bonds. The van der Waals surface area contributed by atoms with Crippen LogP contribution in [0.15, 0.2) is 134 Å². The lowest BCUT2D eigenvalue weighted by molar-refractivity contribution is 1.58. The van der Waals surface area contributed by atoms with Crippen LogP contribution in [-0.4, -0.2) is 0 Å². The van der Waals surface area contributed by atoms with E-state index in [1.807, 2.05) is 68.0 Å². The van der Waals surface area contributed by atoms with Gasteiger partial charge in [0.25, 0.3) is 0 Å². The normalized spacial score (nSPS) is 11.3. The van der Waals surface area contributed by atoms with Crippen LogP contribution in [0.1, 0.15) is 25.0 Å². The highest BCUT2D eigenvalue weighted by molar-refractivity contribution is 7.30. The van der Waals surface area contributed by atoms with Crippen molar-refractivity contribution in [2.75, 3.05) is 0 Å². The van der Waals surface area contributed by atoms with Gasteiger partial charge in [-0.3, -0.25) is 0 Å². The molecule has 0 aliphatic heterocycles. The third kappa shape index (κ3) is 6.32. The van der Waals surface area contributed by atoms with Crippen molar-refractivity contribution in [3.05, 3.63) is 146 Å². The van der Waals surface area contributed by atoms with Gasteiger partial charge in [-0.25, -0.2) is 0 Å². The summed E-state index contributed by atoms with van der Waals surface area (Å²) in [4.78, 5) is 15.8. The van der Waals surface area contributed by atoms with E-state index >= 15 is 0 Å². The topological polar surface area (TPSA) is 0 Å². The van der Waals surface area contributed by atoms with Crippen LogP contribution in [-0.2, 0) is 0 Å². The number of rotatable bonds is 9. The SMILES string of the molecule is C=C(C)c1ccc(-c2ccc(-c3ccc(-c4ccc(-c5ccc(-c6ccc(-c7ccc(-c8ccc(C(=C)C)cc8)s7)s6)s5)s4)s3)s2)cc1. The molecule has 0 nitrogen and oxygen atoms in total. The summed E-state index contributed by atoms with van der Waals surface area (Å²) in [6.45, 7) is 12.2. The molecule has 48 heavy (non-hydrogen) atoms. The number of allylic oxidation sites excluding steroid dienone is 2. The number of benzene rings is 2. The molecule has 6 heteroatoms. The highest BCUT2D eigenvalue weighted by atomic mass is 32.1. The molecule has 0 aliphatic rings. The molecular formula is C42H30S6. The standard InChI is InChI=1S/C42H30S6/c1-25(2)27-5-9-29(10-6-27)31-13-15-33(43-31)35-17-19-37(45-35)39-21-23-41(47-39)42-24-22-40(48-42)38-20-18-36(46-38)34-16-14-32(44-34)30-11-7-28(8-12-30)26(3)4/h5-24H,1,3H2,2,4H3. The lowest BCUT2D eigenvalue weighted by Crippen LogP contribution is -1.77. The van der Waals surface area contributed by atoms with Crippen LogP contribution < -0.4 is 0 Å². The van der Waals surface area contributed by atoms with Crippen molar-refractivity contribution >= 4 is 79.2 Å². The number of hydrogen-bond donors (Lipinski definition) is 0. The Balaban J connectivity index is 0.959. The Labute approximate surface area is 305 Å². The molecule has 0 atom stereocenters. The first-order chi connectivity index (χ1) is 23.4. The Morgan fingerprint density at radius 3 is 0.688 bits per heavy atom. The maximum Gasteiger partial charge on any atom is 0.0449 e. The molecule has 2 aromatic carbocycles. The van der Waals surface area contributed by atoms with Gasteiger partial charge < -0.3 is 0 Å². The zero-order valence-electron chi connectivity index (χ0n) is 26.4. The van der Waals surface area contributed by atoms with Gasteiger partial charge in [0.05, 0.1) is 0 Å². The van der Waals surface area contributed by atoms with E-state index in [2.05, 4.69) is 148 Å². The van der Waals surface area contributed by atoms with Crippen molar-refractivity contribution < 1.29 is 0 Å². The summed E-state index contributed by atoms with van der Waals surface area (Å²) >= 11 is 11.2. The van der Waals surface area contributed by atoms with E-state index in [1.54, 1.807) is 0 Å². The largest absolute Gasteiger partial charge is 0.134 e. The summed E-state index contributed by atoms with van der Waals surface area (Å²) in [5.41, 5.74) is 7.09. The molecule has 8 aromatic rings. The minimum Gasteiger partial charge on any atom is -0.134 e. The Kier molecular flexibility index (Phi) is 8.63. The molecule has 234 valence electrons. The molecule has 0 saturated carbocycles. The van der Waals surface area contributed by atoms with E-state index in [4.69, 9.17) is 0 Å². The molecule has 0 radical (unpaired) electrons. The van der Waals surface area contributed by atoms with Crippen LogP contribution >= 0.6 is 68.0 Å². The summed E-state index contributed by atoms with van der Waals surface area (Å²) in [5, 5.41) is 0. The summed E-state index contributed by atoms with van der Waals surface area (Å²) in [7, 11) is 0. The molecule has 0 N–H and O–H groups in total. The summed E-state index contributed by atoms with van der Waals surface area (Å²) < 4.78 is 0. The van der Waals surface area contributed by atoms with Crippen molar-refractivity contribution in [2.24, 2.45) is 0 Å². The van der Waals surface area contributed by atoms with E-state index in [0.29, 0.717) is 0 Å². The third-order valence-electron chi connectivity index (χ3n) is 8.17. The molecule has 0 bridgehead atoms. The molecule has 0 unspecified atom stereocenters. The second kappa shape index (κ2) is 13.2. The average molecular weight is 727 g/mol. The summed E-state index contributed by atoms with van der Waals surface area (Å²) in [6.07, 6.45) is 0. The molecular weight excluding hydrogens is 697 g/mol. The van der Waals surface area contributed by atoms with Crippen LogP contribution in [0, 0.1) is 0 Å². The fourth-order valence-corrected chi connectivity index (χ4v) is 12.0. The predicted molar refractivity (Wildman–Crippen MR) is 221 cm³/mol. The Morgan fingerprint density at radius 2 is 0.479 bits per heavy atom. The van der Waals surface area contributed by atoms with Gasteiger partial charge in [-0.05, 0) is 109 Å². The van der Waals surface area contributed by atoms with E-state index in [0.717, 1.165) is 11.1 Å².